The molecule has 1 fully saturated rings. The molecule has 0 unspecified atom stereocenters. The van der Waals surface area contributed by atoms with E-state index in [9.17, 15) is 9.59 Å². The number of rotatable bonds is 10. The van der Waals surface area contributed by atoms with E-state index in [0.717, 1.165) is 39.1 Å². The SMILES string of the molecule is CCN(CC)C(=O)Cn1cc(C(=O)NCC2CCN(CCOC)CC2)nn1. The van der Waals surface area contributed by atoms with Crippen molar-refractivity contribution in [1.82, 2.24) is 30.1 Å². The third kappa shape index (κ3) is 6.59. The summed E-state index contributed by atoms with van der Waals surface area (Å²) in [7, 11) is 1.72. The van der Waals surface area contributed by atoms with E-state index in [0.29, 0.717) is 25.6 Å². The van der Waals surface area contributed by atoms with Crippen LogP contribution in [0.15, 0.2) is 6.20 Å². The van der Waals surface area contributed by atoms with Gasteiger partial charge in [-0.3, -0.25) is 9.59 Å². The number of carbonyl (C=O) groups excluding carboxylic acids is 2. The molecule has 1 N–H and O–H groups in total. The predicted octanol–water partition coefficient (Wildman–Crippen LogP) is 0.235. The van der Waals surface area contributed by atoms with Crippen LogP contribution in [-0.2, 0) is 16.1 Å². The van der Waals surface area contributed by atoms with Gasteiger partial charge < -0.3 is 19.9 Å². The Bertz CT molecular complexity index is 594. The second kappa shape index (κ2) is 11.0. The minimum atomic E-state index is -0.238. The fraction of sp³-hybridized carbons (Fsp3) is 0.778. The zero-order valence-electron chi connectivity index (χ0n) is 16.7. The molecule has 1 aliphatic heterocycles. The highest BCUT2D eigenvalue weighted by atomic mass is 16.5. The lowest BCUT2D eigenvalue weighted by Gasteiger charge is -2.31. The molecule has 1 aliphatic rings. The van der Waals surface area contributed by atoms with Gasteiger partial charge in [0.2, 0.25) is 5.91 Å². The molecule has 1 aromatic rings. The number of carbonyl (C=O) groups is 2. The first-order chi connectivity index (χ1) is 13.1. The van der Waals surface area contributed by atoms with Gasteiger partial charge >= 0.3 is 0 Å². The van der Waals surface area contributed by atoms with Crippen molar-refractivity contribution >= 4 is 11.8 Å². The van der Waals surface area contributed by atoms with Crippen molar-refractivity contribution in [2.75, 3.05) is 53.0 Å². The van der Waals surface area contributed by atoms with E-state index in [-0.39, 0.29) is 24.1 Å². The van der Waals surface area contributed by atoms with Crippen LogP contribution in [0.2, 0.25) is 0 Å². The molecule has 0 spiro atoms. The van der Waals surface area contributed by atoms with E-state index in [1.54, 1.807) is 12.0 Å². The quantitative estimate of drug-likeness (QED) is 0.625. The highest BCUT2D eigenvalue weighted by molar-refractivity contribution is 5.91. The third-order valence-corrected chi connectivity index (χ3v) is 5.05. The smallest absolute Gasteiger partial charge is 0.273 e. The van der Waals surface area contributed by atoms with Crippen molar-refractivity contribution < 1.29 is 14.3 Å². The molecule has 2 rings (SSSR count). The average molecular weight is 380 g/mol. The molecule has 1 saturated heterocycles. The van der Waals surface area contributed by atoms with Crippen LogP contribution in [0.3, 0.4) is 0 Å². The minimum absolute atomic E-state index is 0.0305. The fourth-order valence-electron chi connectivity index (χ4n) is 3.26. The van der Waals surface area contributed by atoms with Gasteiger partial charge in [-0.1, -0.05) is 5.21 Å². The number of likely N-dealkylation sites (tertiary alicyclic amines) is 1. The maximum Gasteiger partial charge on any atom is 0.273 e. The minimum Gasteiger partial charge on any atom is -0.383 e. The summed E-state index contributed by atoms with van der Waals surface area (Å²) in [5.74, 6) is 0.211. The number of hydrogen-bond donors (Lipinski definition) is 1. The first-order valence-electron chi connectivity index (χ1n) is 9.74. The Balaban J connectivity index is 1.74. The van der Waals surface area contributed by atoms with Gasteiger partial charge in [0.1, 0.15) is 6.54 Å². The van der Waals surface area contributed by atoms with Crippen LogP contribution in [0, 0.1) is 5.92 Å². The first kappa shape index (κ1) is 21.3. The van der Waals surface area contributed by atoms with Crippen molar-refractivity contribution in [1.29, 1.82) is 0 Å². The monoisotopic (exact) mass is 380 g/mol. The van der Waals surface area contributed by atoms with Crippen LogP contribution in [0.1, 0.15) is 37.2 Å². The normalized spacial score (nSPS) is 15.7. The number of hydrogen-bond acceptors (Lipinski definition) is 6. The van der Waals surface area contributed by atoms with Gasteiger partial charge in [0.05, 0.1) is 12.8 Å². The Morgan fingerprint density at radius 3 is 2.63 bits per heavy atom. The largest absolute Gasteiger partial charge is 0.383 e. The van der Waals surface area contributed by atoms with E-state index < -0.39 is 0 Å². The second-order valence-corrected chi connectivity index (χ2v) is 6.86. The van der Waals surface area contributed by atoms with Crippen LogP contribution in [0.25, 0.3) is 0 Å². The van der Waals surface area contributed by atoms with Gasteiger partial charge in [-0.25, -0.2) is 4.68 Å². The Morgan fingerprint density at radius 1 is 1.30 bits per heavy atom. The van der Waals surface area contributed by atoms with Crippen molar-refractivity contribution in [2.24, 2.45) is 5.92 Å². The molecule has 2 amide bonds. The van der Waals surface area contributed by atoms with Crippen molar-refractivity contribution in [3.8, 4) is 0 Å². The summed E-state index contributed by atoms with van der Waals surface area (Å²) < 4.78 is 6.53. The molecule has 2 heterocycles. The van der Waals surface area contributed by atoms with Crippen molar-refractivity contribution in [2.45, 2.75) is 33.2 Å². The number of methoxy groups -OCH3 is 1. The van der Waals surface area contributed by atoms with Crippen LogP contribution in [-0.4, -0.2) is 89.6 Å². The molecule has 0 bridgehead atoms. The molecule has 152 valence electrons. The summed E-state index contributed by atoms with van der Waals surface area (Å²) in [6.45, 7) is 9.71. The van der Waals surface area contributed by atoms with Gasteiger partial charge in [-0.2, -0.15) is 0 Å². The summed E-state index contributed by atoms with van der Waals surface area (Å²) in [5.41, 5.74) is 0.250. The van der Waals surface area contributed by atoms with Crippen LogP contribution >= 0.6 is 0 Å². The number of nitrogens with one attached hydrogen (secondary N) is 1. The van der Waals surface area contributed by atoms with Gasteiger partial charge in [-0.15, -0.1) is 5.10 Å². The van der Waals surface area contributed by atoms with E-state index in [2.05, 4.69) is 20.5 Å². The predicted molar refractivity (Wildman–Crippen MR) is 101 cm³/mol. The van der Waals surface area contributed by atoms with Crippen LogP contribution < -0.4 is 5.32 Å². The zero-order chi connectivity index (χ0) is 19.6. The molecule has 9 heteroatoms. The fourth-order valence-corrected chi connectivity index (χ4v) is 3.26. The second-order valence-electron chi connectivity index (χ2n) is 6.86. The molecule has 0 atom stereocenters. The number of nitrogens with zero attached hydrogens (tertiary/aromatic N) is 5. The number of piperidine rings is 1. The standard InChI is InChI=1S/C18H32N6O3/c1-4-23(5-2)17(25)14-24-13-16(20-21-24)18(26)19-12-15-6-8-22(9-7-15)10-11-27-3/h13,15H,4-12,14H2,1-3H3,(H,19,26). The lowest BCUT2D eigenvalue weighted by molar-refractivity contribution is -0.131. The highest BCUT2D eigenvalue weighted by Gasteiger charge is 2.20. The molecule has 0 aromatic carbocycles. The average Bonchev–Trinajstić information content (AvgIpc) is 3.14. The first-order valence-corrected chi connectivity index (χ1v) is 9.74. The maximum absolute atomic E-state index is 12.3. The Kier molecular flexibility index (Phi) is 8.66. The molecule has 27 heavy (non-hydrogen) atoms. The molecule has 0 radical (unpaired) electrons. The summed E-state index contributed by atoms with van der Waals surface area (Å²) in [5, 5.41) is 10.7. The molecular formula is C18H32N6O3. The number of likely N-dealkylation sites (N-methyl/N-ethyl adjacent to an activating group) is 1. The topological polar surface area (TPSA) is 92.6 Å². The third-order valence-electron chi connectivity index (χ3n) is 5.05. The van der Waals surface area contributed by atoms with Gasteiger partial charge in [-0.05, 0) is 45.7 Å². The summed E-state index contributed by atoms with van der Waals surface area (Å²) in [4.78, 5) is 28.5. The van der Waals surface area contributed by atoms with Crippen LogP contribution in [0.5, 0.6) is 0 Å². The Hall–Kier alpha value is -2.00. The van der Waals surface area contributed by atoms with Gasteiger partial charge in [0, 0.05) is 33.3 Å². The lowest BCUT2D eigenvalue weighted by atomic mass is 9.97. The van der Waals surface area contributed by atoms with E-state index in [1.807, 2.05) is 13.8 Å². The Labute approximate surface area is 161 Å². The summed E-state index contributed by atoms with van der Waals surface area (Å²) in [6.07, 6.45) is 3.66. The van der Waals surface area contributed by atoms with E-state index in [1.165, 1.54) is 10.9 Å². The summed E-state index contributed by atoms with van der Waals surface area (Å²) in [6, 6.07) is 0. The number of aromatic nitrogens is 3. The van der Waals surface area contributed by atoms with Crippen molar-refractivity contribution in [3.05, 3.63) is 11.9 Å². The molecular weight excluding hydrogens is 348 g/mol. The number of ether oxygens (including phenoxy) is 1. The molecule has 0 aliphatic carbocycles. The highest BCUT2D eigenvalue weighted by Crippen LogP contribution is 2.16. The van der Waals surface area contributed by atoms with Crippen molar-refractivity contribution in [3.63, 3.8) is 0 Å². The molecule has 9 nitrogen and oxygen atoms in total. The van der Waals surface area contributed by atoms with E-state index in [4.69, 9.17) is 4.74 Å². The summed E-state index contributed by atoms with van der Waals surface area (Å²) >= 11 is 0. The van der Waals surface area contributed by atoms with Gasteiger partial charge in [0.15, 0.2) is 5.69 Å². The zero-order valence-corrected chi connectivity index (χ0v) is 16.7. The number of amides is 2. The molecule has 0 saturated carbocycles. The van der Waals surface area contributed by atoms with E-state index >= 15 is 0 Å². The molecule has 1 aromatic heterocycles. The van der Waals surface area contributed by atoms with Crippen LogP contribution in [0.4, 0.5) is 0 Å². The lowest BCUT2D eigenvalue weighted by Crippen LogP contribution is -2.39. The Morgan fingerprint density at radius 2 is 2.00 bits per heavy atom. The van der Waals surface area contributed by atoms with Gasteiger partial charge in [0.25, 0.3) is 5.91 Å². The maximum atomic E-state index is 12.3.